The Morgan fingerprint density at radius 1 is 1.30 bits per heavy atom. The predicted molar refractivity (Wildman–Crippen MR) is 36.7 cm³/mol. The van der Waals surface area contributed by atoms with Crippen molar-refractivity contribution in [2.75, 3.05) is 19.7 Å². The molecule has 0 aliphatic carbocycles. The number of hydrogen-bond acceptors (Lipinski definition) is 3. The van der Waals surface area contributed by atoms with Crippen molar-refractivity contribution in [3.63, 3.8) is 0 Å². The van der Waals surface area contributed by atoms with Crippen LogP contribution in [0, 0.1) is 0 Å². The molecule has 0 bridgehead atoms. The fraction of sp³-hybridized carbons (Fsp3) is 1.00. The molecule has 2 aliphatic heterocycles. The van der Waals surface area contributed by atoms with Crippen LogP contribution in [0.3, 0.4) is 0 Å². The van der Waals surface area contributed by atoms with E-state index in [0.717, 1.165) is 19.7 Å². The van der Waals surface area contributed by atoms with Crippen molar-refractivity contribution in [3.05, 3.63) is 0 Å². The SMILES string of the molecule is CC1(C)OCC2(CNC2)O1. The molecule has 0 aromatic rings. The van der Waals surface area contributed by atoms with Crippen LogP contribution in [-0.2, 0) is 9.47 Å². The van der Waals surface area contributed by atoms with Gasteiger partial charge >= 0.3 is 0 Å². The van der Waals surface area contributed by atoms with Gasteiger partial charge in [-0.15, -0.1) is 0 Å². The van der Waals surface area contributed by atoms with E-state index in [0.29, 0.717) is 0 Å². The van der Waals surface area contributed by atoms with Gasteiger partial charge in [-0.05, 0) is 13.8 Å². The highest BCUT2D eigenvalue weighted by molar-refractivity contribution is 4.99. The summed E-state index contributed by atoms with van der Waals surface area (Å²) in [5.74, 6) is -0.359. The zero-order valence-corrected chi connectivity index (χ0v) is 6.44. The molecule has 0 aromatic carbocycles. The van der Waals surface area contributed by atoms with Gasteiger partial charge in [-0.25, -0.2) is 0 Å². The molecule has 2 fully saturated rings. The van der Waals surface area contributed by atoms with E-state index in [4.69, 9.17) is 9.47 Å². The van der Waals surface area contributed by atoms with Crippen LogP contribution in [0.4, 0.5) is 0 Å². The standard InChI is InChI=1S/C7H13NO2/c1-6(2)9-5-7(10-6)3-8-4-7/h8H,3-5H2,1-2H3. The van der Waals surface area contributed by atoms with E-state index in [2.05, 4.69) is 5.32 Å². The summed E-state index contributed by atoms with van der Waals surface area (Å²) >= 11 is 0. The van der Waals surface area contributed by atoms with Crippen molar-refractivity contribution in [1.29, 1.82) is 0 Å². The first-order valence-corrected chi connectivity index (χ1v) is 3.67. The quantitative estimate of drug-likeness (QED) is 0.522. The van der Waals surface area contributed by atoms with E-state index in [1.807, 2.05) is 13.8 Å². The Hall–Kier alpha value is -0.120. The molecule has 3 nitrogen and oxygen atoms in total. The van der Waals surface area contributed by atoms with Crippen LogP contribution in [-0.4, -0.2) is 31.1 Å². The highest BCUT2D eigenvalue weighted by Gasteiger charge is 2.49. The molecule has 58 valence electrons. The van der Waals surface area contributed by atoms with Crippen LogP contribution in [0.2, 0.25) is 0 Å². The first kappa shape index (κ1) is 6.58. The van der Waals surface area contributed by atoms with Gasteiger partial charge in [0.05, 0.1) is 6.61 Å². The second kappa shape index (κ2) is 1.72. The second-order valence-corrected chi connectivity index (χ2v) is 3.58. The van der Waals surface area contributed by atoms with Crippen LogP contribution >= 0.6 is 0 Å². The second-order valence-electron chi connectivity index (χ2n) is 3.58. The maximum Gasteiger partial charge on any atom is 0.163 e. The fourth-order valence-electron chi connectivity index (χ4n) is 1.46. The largest absolute Gasteiger partial charge is 0.347 e. The Bertz CT molecular complexity index is 152. The first-order chi connectivity index (χ1) is 4.62. The summed E-state index contributed by atoms with van der Waals surface area (Å²) < 4.78 is 11.1. The topological polar surface area (TPSA) is 30.5 Å². The van der Waals surface area contributed by atoms with Gasteiger partial charge < -0.3 is 14.8 Å². The van der Waals surface area contributed by atoms with Crippen molar-refractivity contribution in [2.24, 2.45) is 0 Å². The molecule has 1 spiro atoms. The molecule has 1 N–H and O–H groups in total. The van der Waals surface area contributed by atoms with Gasteiger partial charge in [0.15, 0.2) is 5.79 Å². The summed E-state index contributed by atoms with van der Waals surface area (Å²) in [5, 5.41) is 3.18. The highest BCUT2D eigenvalue weighted by Crippen LogP contribution is 2.33. The lowest BCUT2D eigenvalue weighted by atomic mass is 9.99. The lowest BCUT2D eigenvalue weighted by molar-refractivity contribution is -0.170. The Morgan fingerprint density at radius 2 is 2.00 bits per heavy atom. The highest BCUT2D eigenvalue weighted by atomic mass is 16.8. The summed E-state index contributed by atoms with van der Waals surface area (Å²) in [5.41, 5.74) is 0.0174. The van der Waals surface area contributed by atoms with Crippen LogP contribution in [0.25, 0.3) is 0 Å². The van der Waals surface area contributed by atoms with E-state index in [9.17, 15) is 0 Å². The first-order valence-electron chi connectivity index (χ1n) is 3.67. The molecule has 2 saturated heterocycles. The molecule has 0 unspecified atom stereocenters. The van der Waals surface area contributed by atoms with Crippen molar-refractivity contribution in [1.82, 2.24) is 5.32 Å². The Morgan fingerprint density at radius 3 is 2.20 bits per heavy atom. The summed E-state index contributed by atoms with van der Waals surface area (Å²) in [6.45, 7) is 6.54. The average molecular weight is 143 g/mol. The van der Waals surface area contributed by atoms with Crippen LogP contribution < -0.4 is 5.32 Å². The van der Waals surface area contributed by atoms with Crippen LogP contribution in [0.15, 0.2) is 0 Å². The molecular weight excluding hydrogens is 130 g/mol. The van der Waals surface area contributed by atoms with Crippen molar-refractivity contribution in [2.45, 2.75) is 25.2 Å². The zero-order valence-electron chi connectivity index (χ0n) is 6.44. The van der Waals surface area contributed by atoms with Gasteiger partial charge in [0.2, 0.25) is 0 Å². The van der Waals surface area contributed by atoms with Crippen molar-refractivity contribution in [3.8, 4) is 0 Å². The van der Waals surface area contributed by atoms with Gasteiger partial charge in [0.25, 0.3) is 0 Å². The van der Waals surface area contributed by atoms with Gasteiger partial charge in [-0.1, -0.05) is 0 Å². The molecule has 3 heteroatoms. The summed E-state index contributed by atoms with van der Waals surface area (Å²) in [7, 11) is 0. The number of nitrogens with one attached hydrogen (secondary N) is 1. The smallest absolute Gasteiger partial charge is 0.163 e. The molecule has 2 rings (SSSR count). The Balaban J connectivity index is 2.05. The van der Waals surface area contributed by atoms with Gasteiger partial charge in [0.1, 0.15) is 5.60 Å². The van der Waals surface area contributed by atoms with Crippen LogP contribution in [0.5, 0.6) is 0 Å². The van der Waals surface area contributed by atoms with Crippen molar-refractivity contribution < 1.29 is 9.47 Å². The fourth-order valence-corrected chi connectivity index (χ4v) is 1.46. The van der Waals surface area contributed by atoms with E-state index >= 15 is 0 Å². The molecule has 0 aromatic heterocycles. The van der Waals surface area contributed by atoms with Gasteiger partial charge in [0, 0.05) is 13.1 Å². The molecule has 0 amide bonds. The molecule has 0 saturated carbocycles. The molecule has 0 radical (unpaired) electrons. The third-order valence-electron chi connectivity index (χ3n) is 2.04. The maximum absolute atomic E-state index is 5.69. The van der Waals surface area contributed by atoms with Crippen LogP contribution in [0.1, 0.15) is 13.8 Å². The summed E-state index contributed by atoms with van der Waals surface area (Å²) in [6, 6.07) is 0. The lowest BCUT2D eigenvalue weighted by Gasteiger charge is -2.37. The minimum absolute atomic E-state index is 0.0174. The monoisotopic (exact) mass is 143 g/mol. The zero-order chi connectivity index (χ0) is 7.24. The summed E-state index contributed by atoms with van der Waals surface area (Å²) in [4.78, 5) is 0. The third-order valence-corrected chi connectivity index (χ3v) is 2.04. The molecule has 2 heterocycles. The predicted octanol–water partition coefficient (Wildman–Crippen LogP) is 0.111. The number of hydrogen-bond donors (Lipinski definition) is 1. The maximum atomic E-state index is 5.69. The van der Waals surface area contributed by atoms with E-state index < -0.39 is 0 Å². The molecule has 2 aliphatic rings. The number of ether oxygens (including phenoxy) is 2. The van der Waals surface area contributed by atoms with E-state index in [1.54, 1.807) is 0 Å². The molecular formula is C7H13NO2. The van der Waals surface area contributed by atoms with E-state index in [-0.39, 0.29) is 11.4 Å². The lowest BCUT2D eigenvalue weighted by Crippen LogP contribution is -2.61. The minimum atomic E-state index is -0.359. The Kier molecular flexibility index (Phi) is 1.14. The summed E-state index contributed by atoms with van der Waals surface area (Å²) in [6.07, 6.45) is 0. The van der Waals surface area contributed by atoms with Gasteiger partial charge in [-0.3, -0.25) is 0 Å². The van der Waals surface area contributed by atoms with Gasteiger partial charge in [-0.2, -0.15) is 0 Å². The molecule has 0 atom stereocenters. The average Bonchev–Trinajstić information content (AvgIpc) is 2.04. The normalized spacial score (nSPS) is 34.2. The Labute approximate surface area is 60.7 Å². The minimum Gasteiger partial charge on any atom is -0.347 e. The van der Waals surface area contributed by atoms with E-state index in [1.165, 1.54) is 0 Å². The van der Waals surface area contributed by atoms with Crippen molar-refractivity contribution >= 4 is 0 Å². The third kappa shape index (κ3) is 0.856. The molecule has 10 heavy (non-hydrogen) atoms. The number of rotatable bonds is 0.